The van der Waals surface area contributed by atoms with Crippen LogP contribution in [-0.4, -0.2) is 30.3 Å². The molecule has 1 aromatic carbocycles. The molecule has 0 bridgehead atoms. The Bertz CT molecular complexity index is 650. The van der Waals surface area contributed by atoms with Crippen LogP contribution in [0.25, 0.3) is 0 Å². The molecule has 0 radical (unpaired) electrons. The average molecular weight is 352 g/mol. The smallest absolute Gasteiger partial charge is 0.320 e. The van der Waals surface area contributed by atoms with Gasteiger partial charge in [-0.05, 0) is 26.3 Å². The summed E-state index contributed by atoms with van der Waals surface area (Å²) in [6, 6.07) is 1.55. The molecule has 7 nitrogen and oxygen atoms in total. The number of phenolic OH excluding ortho intramolecular Hbond substituents is 1. The van der Waals surface area contributed by atoms with Crippen LogP contribution in [0.2, 0.25) is 0 Å². The second-order valence-electron chi connectivity index (χ2n) is 5.53. The normalized spacial score (nSPS) is 16.2. The number of aromatic hydroxyl groups is 1. The number of rotatable bonds is 7. The SMILES string of the molecule is CCOc1cc(C2(CC)OC(=O)CC(=O)O2)c(CC)c(OCC)c1O. The molecule has 1 saturated heterocycles. The van der Waals surface area contributed by atoms with Crippen LogP contribution in [0.5, 0.6) is 17.2 Å². The second-order valence-corrected chi connectivity index (χ2v) is 5.53. The highest BCUT2D eigenvalue weighted by atomic mass is 16.7. The van der Waals surface area contributed by atoms with Crippen molar-refractivity contribution in [3.05, 3.63) is 17.2 Å². The van der Waals surface area contributed by atoms with Crippen LogP contribution in [0.3, 0.4) is 0 Å². The number of ether oxygens (including phenoxy) is 4. The maximum absolute atomic E-state index is 11.9. The standard InChI is InChI=1S/C18H24O7/c1-5-11-12(18(6-2)24-14(19)10-15(20)25-18)9-13(22-7-3)16(21)17(11)23-8-4/h9,21H,5-8,10H2,1-4H3. The topological polar surface area (TPSA) is 91.3 Å². The summed E-state index contributed by atoms with van der Waals surface area (Å²) in [5.41, 5.74) is 1.05. The summed E-state index contributed by atoms with van der Waals surface area (Å²) in [4.78, 5) is 23.7. The van der Waals surface area contributed by atoms with Gasteiger partial charge in [-0.3, -0.25) is 9.59 Å². The van der Waals surface area contributed by atoms with Gasteiger partial charge >= 0.3 is 11.9 Å². The van der Waals surface area contributed by atoms with E-state index in [9.17, 15) is 14.7 Å². The fraction of sp³-hybridized carbons (Fsp3) is 0.556. The maximum atomic E-state index is 11.9. The lowest BCUT2D eigenvalue weighted by Crippen LogP contribution is -2.43. The van der Waals surface area contributed by atoms with Gasteiger partial charge in [-0.1, -0.05) is 13.8 Å². The lowest BCUT2D eigenvalue weighted by Gasteiger charge is -2.37. The first kappa shape index (κ1) is 18.9. The molecule has 7 heteroatoms. The van der Waals surface area contributed by atoms with Gasteiger partial charge in [0.1, 0.15) is 6.42 Å². The zero-order valence-corrected chi connectivity index (χ0v) is 15.0. The number of phenols is 1. The number of hydrogen-bond acceptors (Lipinski definition) is 7. The average Bonchev–Trinajstić information content (AvgIpc) is 2.57. The molecule has 25 heavy (non-hydrogen) atoms. The van der Waals surface area contributed by atoms with E-state index in [0.29, 0.717) is 30.8 Å². The van der Waals surface area contributed by atoms with Gasteiger partial charge in [0.2, 0.25) is 5.75 Å². The molecule has 0 spiro atoms. The Kier molecular flexibility index (Phi) is 5.77. The van der Waals surface area contributed by atoms with E-state index < -0.39 is 24.1 Å². The lowest BCUT2D eigenvalue weighted by atomic mass is 9.93. The Hall–Kier alpha value is -2.44. The van der Waals surface area contributed by atoms with E-state index in [1.165, 1.54) is 0 Å². The third-order valence-electron chi connectivity index (χ3n) is 3.99. The summed E-state index contributed by atoms with van der Waals surface area (Å²) >= 11 is 0. The molecule has 0 atom stereocenters. The molecular formula is C18H24O7. The van der Waals surface area contributed by atoms with Crippen LogP contribution >= 0.6 is 0 Å². The van der Waals surface area contributed by atoms with E-state index >= 15 is 0 Å². The van der Waals surface area contributed by atoms with Gasteiger partial charge in [-0.2, -0.15) is 0 Å². The first-order valence-electron chi connectivity index (χ1n) is 8.50. The van der Waals surface area contributed by atoms with Crippen molar-refractivity contribution in [1.82, 2.24) is 0 Å². The van der Waals surface area contributed by atoms with Gasteiger partial charge in [0, 0.05) is 17.5 Å². The molecular weight excluding hydrogens is 328 g/mol. The molecule has 0 aliphatic carbocycles. The quantitative estimate of drug-likeness (QED) is 0.596. The van der Waals surface area contributed by atoms with E-state index in [1.807, 2.05) is 6.92 Å². The summed E-state index contributed by atoms with van der Waals surface area (Å²) in [6.07, 6.45) is 0.277. The van der Waals surface area contributed by atoms with Crippen LogP contribution in [0.15, 0.2) is 6.07 Å². The Morgan fingerprint density at radius 1 is 1.08 bits per heavy atom. The molecule has 1 aliphatic heterocycles. The fourth-order valence-electron chi connectivity index (χ4n) is 2.94. The monoisotopic (exact) mass is 352 g/mol. The summed E-state index contributed by atoms with van der Waals surface area (Å²) < 4.78 is 22.0. The lowest BCUT2D eigenvalue weighted by molar-refractivity contribution is -0.251. The van der Waals surface area contributed by atoms with Crippen molar-refractivity contribution in [2.24, 2.45) is 0 Å². The van der Waals surface area contributed by atoms with E-state index in [-0.39, 0.29) is 23.7 Å². The highest BCUT2D eigenvalue weighted by Crippen LogP contribution is 2.47. The maximum Gasteiger partial charge on any atom is 0.320 e. The first-order valence-corrected chi connectivity index (χ1v) is 8.50. The zero-order chi connectivity index (χ0) is 18.6. The fourth-order valence-corrected chi connectivity index (χ4v) is 2.94. The van der Waals surface area contributed by atoms with Crippen molar-refractivity contribution in [3.8, 4) is 17.2 Å². The molecule has 2 rings (SSSR count). The molecule has 0 aromatic heterocycles. The highest BCUT2D eigenvalue weighted by Gasteiger charge is 2.46. The molecule has 0 unspecified atom stereocenters. The molecule has 1 aromatic rings. The van der Waals surface area contributed by atoms with Gasteiger partial charge in [0.25, 0.3) is 5.79 Å². The third-order valence-corrected chi connectivity index (χ3v) is 3.99. The van der Waals surface area contributed by atoms with Crippen molar-refractivity contribution in [1.29, 1.82) is 0 Å². The van der Waals surface area contributed by atoms with Crippen LogP contribution in [-0.2, 0) is 31.3 Å². The van der Waals surface area contributed by atoms with E-state index in [2.05, 4.69) is 0 Å². The summed E-state index contributed by atoms with van der Waals surface area (Å²) in [7, 11) is 0. The minimum Gasteiger partial charge on any atom is -0.502 e. The number of esters is 2. The summed E-state index contributed by atoms with van der Waals surface area (Å²) in [5.74, 6) is -2.54. The highest BCUT2D eigenvalue weighted by molar-refractivity contribution is 5.93. The molecule has 1 fully saturated rings. The van der Waals surface area contributed by atoms with Crippen LogP contribution < -0.4 is 9.47 Å². The molecule has 0 saturated carbocycles. The Balaban J connectivity index is 2.72. The molecule has 138 valence electrons. The number of benzene rings is 1. The number of hydrogen-bond donors (Lipinski definition) is 1. The second kappa shape index (κ2) is 7.63. The van der Waals surface area contributed by atoms with Crippen LogP contribution in [0.1, 0.15) is 51.7 Å². The number of carbonyl (C=O) groups excluding carboxylic acids is 2. The minimum absolute atomic E-state index is 0.121. The third kappa shape index (κ3) is 3.50. The van der Waals surface area contributed by atoms with Crippen molar-refractivity contribution < 1.29 is 33.6 Å². The van der Waals surface area contributed by atoms with Crippen LogP contribution in [0.4, 0.5) is 0 Å². The van der Waals surface area contributed by atoms with Crippen LogP contribution in [0, 0.1) is 0 Å². The van der Waals surface area contributed by atoms with Crippen molar-refractivity contribution in [2.45, 2.75) is 52.7 Å². The number of cyclic esters (lactones) is 2. The van der Waals surface area contributed by atoms with Gasteiger partial charge in [-0.15, -0.1) is 0 Å². The summed E-state index contributed by atoms with van der Waals surface area (Å²) in [5, 5.41) is 10.5. The van der Waals surface area contributed by atoms with Crippen molar-refractivity contribution in [3.63, 3.8) is 0 Å². The van der Waals surface area contributed by atoms with E-state index in [4.69, 9.17) is 18.9 Å². The van der Waals surface area contributed by atoms with Gasteiger partial charge in [0.05, 0.1) is 13.2 Å². The molecule has 0 amide bonds. The molecule has 1 aliphatic rings. The van der Waals surface area contributed by atoms with Gasteiger partial charge < -0.3 is 24.1 Å². The van der Waals surface area contributed by atoms with Gasteiger partial charge in [-0.25, -0.2) is 0 Å². The van der Waals surface area contributed by atoms with E-state index in [0.717, 1.165) is 0 Å². The number of carbonyl (C=O) groups is 2. The van der Waals surface area contributed by atoms with Gasteiger partial charge in [0.15, 0.2) is 11.5 Å². The van der Waals surface area contributed by atoms with Crippen molar-refractivity contribution in [2.75, 3.05) is 13.2 Å². The summed E-state index contributed by atoms with van der Waals surface area (Å²) in [6.45, 7) is 7.85. The van der Waals surface area contributed by atoms with E-state index in [1.54, 1.807) is 26.8 Å². The molecule has 1 heterocycles. The predicted molar refractivity (Wildman–Crippen MR) is 88.6 cm³/mol. The largest absolute Gasteiger partial charge is 0.502 e. The van der Waals surface area contributed by atoms with Crippen molar-refractivity contribution >= 4 is 11.9 Å². The first-order chi connectivity index (χ1) is 11.9. The Labute approximate surface area is 146 Å². The Morgan fingerprint density at radius 2 is 1.68 bits per heavy atom. The predicted octanol–water partition coefficient (Wildman–Crippen LogP) is 2.80. The minimum atomic E-state index is -1.55. The molecule has 1 N–H and O–H groups in total. The zero-order valence-electron chi connectivity index (χ0n) is 15.0. The Morgan fingerprint density at radius 3 is 2.16 bits per heavy atom.